The van der Waals surface area contributed by atoms with Crippen LogP contribution in [0.15, 0.2) is 24.3 Å². The van der Waals surface area contributed by atoms with Crippen molar-refractivity contribution in [1.82, 2.24) is 0 Å². The molecular formula is C9H8LiNO3. The van der Waals surface area contributed by atoms with Crippen molar-refractivity contribution in [2.75, 3.05) is 11.9 Å². The number of aliphatic carboxylic acids is 1. The van der Waals surface area contributed by atoms with E-state index in [1.54, 1.807) is 12.1 Å². The second-order valence-electron chi connectivity index (χ2n) is 2.80. The monoisotopic (exact) mass is 185 g/mol. The van der Waals surface area contributed by atoms with Gasteiger partial charge in [-0.15, -0.1) is 0 Å². The van der Waals surface area contributed by atoms with E-state index in [0.29, 0.717) is 5.75 Å². The van der Waals surface area contributed by atoms with Crippen molar-refractivity contribution >= 4 is 11.7 Å². The van der Waals surface area contributed by atoms with Gasteiger partial charge in [0.2, 0.25) is 0 Å². The van der Waals surface area contributed by atoms with Crippen LogP contribution in [0.2, 0.25) is 0 Å². The van der Waals surface area contributed by atoms with Crippen molar-refractivity contribution in [3.63, 3.8) is 0 Å². The first-order valence-electron chi connectivity index (χ1n) is 3.98. The number of nitrogens with one attached hydrogen (secondary N) is 1. The molecule has 1 N–H and O–H groups in total. The molecule has 0 spiro atoms. The molecular weight excluding hydrogens is 177 g/mol. The molecule has 1 heterocycles. The van der Waals surface area contributed by atoms with Crippen molar-refractivity contribution in [3.8, 4) is 5.75 Å². The number of rotatable bonds is 1. The van der Waals surface area contributed by atoms with Crippen molar-refractivity contribution in [2.24, 2.45) is 0 Å². The molecule has 0 radical (unpaired) electrons. The van der Waals surface area contributed by atoms with Gasteiger partial charge in [0.1, 0.15) is 5.75 Å². The molecule has 0 fully saturated rings. The Morgan fingerprint density at radius 3 is 2.93 bits per heavy atom. The standard InChI is InChI=1S/C9H9NO3.Li/c11-9(12)8-5-10-6-3-1-2-4-7(6)13-8;/h1-4,8,10H,5H2,(H,11,12);/q;+1/p-1. The molecule has 4 nitrogen and oxygen atoms in total. The maximum Gasteiger partial charge on any atom is 1.00 e. The van der Waals surface area contributed by atoms with E-state index in [0.717, 1.165) is 5.69 Å². The third kappa shape index (κ3) is 2.03. The smallest absolute Gasteiger partial charge is 0.546 e. The van der Waals surface area contributed by atoms with Gasteiger partial charge in [0.25, 0.3) is 0 Å². The number of hydrogen-bond donors (Lipinski definition) is 1. The van der Waals surface area contributed by atoms with E-state index < -0.39 is 12.1 Å². The van der Waals surface area contributed by atoms with E-state index in [2.05, 4.69) is 5.32 Å². The second kappa shape index (κ2) is 4.40. The minimum absolute atomic E-state index is 0. The summed E-state index contributed by atoms with van der Waals surface area (Å²) in [4.78, 5) is 10.5. The molecule has 0 aliphatic carbocycles. The second-order valence-corrected chi connectivity index (χ2v) is 2.80. The number of fused-ring (bicyclic) bond motifs is 1. The van der Waals surface area contributed by atoms with E-state index in [4.69, 9.17) is 4.74 Å². The molecule has 14 heavy (non-hydrogen) atoms. The Morgan fingerprint density at radius 1 is 1.50 bits per heavy atom. The summed E-state index contributed by atoms with van der Waals surface area (Å²) in [6.45, 7) is 0.249. The van der Waals surface area contributed by atoms with E-state index in [1.165, 1.54) is 0 Å². The maximum absolute atomic E-state index is 10.5. The van der Waals surface area contributed by atoms with Gasteiger partial charge in [0.05, 0.1) is 18.2 Å². The Labute approximate surface area is 93.4 Å². The molecule has 1 aromatic rings. The van der Waals surface area contributed by atoms with Crippen LogP contribution in [0.1, 0.15) is 0 Å². The van der Waals surface area contributed by atoms with E-state index in [-0.39, 0.29) is 25.4 Å². The summed E-state index contributed by atoms with van der Waals surface area (Å²) >= 11 is 0. The fourth-order valence-corrected chi connectivity index (χ4v) is 1.24. The minimum Gasteiger partial charge on any atom is -0.546 e. The topological polar surface area (TPSA) is 61.4 Å². The van der Waals surface area contributed by atoms with Crippen LogP contribution in [0.3, 0.4) is 0 Å². The van der Waals surface area contributed by atoms with Gasteiger partial charge in [0.15, 0.2) is 6.10 Å². The number of carbonyl (C=O) groups excluding carboxylic acids is 1. The van der Waals surface area contributed by atoms with E-state index >= 15 is 0 Å². The Morgan fingerprint density at radius 2 is 2.21 bits per heavy atom. The fraction of sp³-hybridized carbons (Fsp3) is 0.222. The molecule has 1 unspecified atom stereocenters. The molecule has 1 aliphatic heterocycles. The first-order chi connectivity index (χ1) is 6.27. The first kappa shape index (κ1) is 11.0. The van der Waals surface area contributed by atoms with Gasteiger partial charge in [0, 0.05) is 0 Å². The van der Waals surface area contributed by atoms with Crippen LogP contribution >= 0.6 is 0 Å². The SMILES string of the molecule is O=C([O-])C1CNc2ccccc2O1.[Li+]. The van der Waals surface area contributed by atoms with Gasteiger partial charge < -0.3 is 20.0 Å². The van der Waals surface area contributed by atoms with Gasteiger partial charge in [-0.1, -0.05) is 12.1 Å². The summed E-state index contributed by atoms with van der Waals surface area (Å²) in [5.74, 6) is -0.634. The van der Waals surface area contributed by atoms with Crippen LogP contribution in [-0.2, 0) is 4.79 Å². The number of carbonyl (C=O) groups is 1. The summed E-state index contributed by atoms with van der Waals surface area (Å²) in [7, 11) is 0. The van der Waals surface area contributed by atoms with Crippen molar-refractivity contribution < 1.29 is 33.5 Å². The molecule has 1 atom stereocenters. The number of carboxylic acid groups (broad SMARTS) is 1. The van der Waals surface area contributed by atoms with Gasteiger partial charge in [-0.25, -0.2) is 0 Å². The number of hydrogen-bond acceptors (Lipinski definition) is 4. The van der Waals surface area contributed by atoms with Crippen LogP contribution < -0.4 is 34.0 Å². The Kier molecular flexibility index (Phi) is 3.45. The van der Waals surface area contributed by atoms with Crippen LogP contribution in [-0.4, -0.2) is 18.6 Å². The zero-order valence-electron chi connectivity index (χ0n) is 7.82. The average molecular weight is 185 g/mol. The number of carboxylic acids is 1. The van der Waals surface area contributed by atoms with E-state index in [1.807, 2.05) is 12.1 Å². The molecule has 1 aliphatic rings. The van der Waals surface area contributed by atoms with Crippen LogP contribution in [0.5, 0.6) is 5.75 Å². The number of anilines is 1. The summed E-state index contributed by atoms with van der Waals surface area (Å²) in [6, 6.07) is 7.20. The largest absolute Gasteiger partial charge is 1.00 e. The predicted octanol–water partition coefficient (Wildman–Crippen LogP) is -3.39. The molecule has 0 bridgehead atoms. The van der Waals surface area contributed by atoms with Gasteiger partial charge in [-0.2, -0.15) is 0 Å². The van der Waals surface area contributed by atoms with Crippen LogP contribution in [0.25, 0.3) is 0 Å². The number of ether oxygens (including phenoxy) is 1. The van der Waals surface area contributed by atoms with Crippen molar-refractivity contribution in [1.29, 1.82) is 0 Å². The normalized spacial score (nSPS) is 18.1. The summed E-state index contributed by atoms with van der Waals surface area (Å²) in [6.07, 6.45) is -0.894. The molecule has 2 rings (SSSR count). The third-order valence-electron chi connectivity index (χ3n) is 1.90. The van der Waals surface area contributed by atoms with Crippen molar-refractivity contribution in [3.05, 3.63) is 24.3 Å². The summed E-state index contributed by atoms with van der Waals surface area (Å²) in [5.41, 5.74) is 0.819. The third-order valence-corrected chi connectivity index (χ3v) is 1.90. The Balaban J connectivity index is 0.000000980. The van der Waals surface area contributed by atoms with Crippen molar-refractivity contribution in [2.45, 2.75) is 6.10 Å². The zero-order valence-corrected chi connectivity index (χ0v) is 7.82. The molecule has 1 aromatic carbocycles. The first-order valence-corrected chi connectivity index (χ1v) is 3.98. The number of benzene rings is 1. The number of para-hydroxylation sites is 2. The van der Waals surface area contributed by atoms with Gasteiger partial charge >= 0.3 is 18.9 Å². The fourth-order valence-electron chi connectivity index (χ4n) is 1.24. The van der Waals surface area contributed by atoms with Gasteiger partial charge in [-0.05, 0) is 12.1 Å². The van der Waals surface area contributed by atoms with Gasteiger partial charge in [-0.3, -0.25) is 0 Å². The predicted molar refractivity (Wildman–Crippen MR) is 44.4 cm³/mol. The summed E-state index contributed by atoms with van der Waals surface area (Å²) in [5, 5.41) is 13.4. The molecule has 0 amide bonds. The van der Waals surface area contributed by atoms with Crippen LogP contribution in [0.4, 0.5) is 5.69 Å². The molecule has 0 saturated heterocycles. The average Bonchev–Trinajstić information content (AvgIpc) is 2.17. The van der Waals surface area contributed by atoms with Crippen LogP contribution in [0, 0.1) is 0 Å². The Hall–Kier alpha value is -1.11. The molecule has 0 aromatic heterocycles. The minimum atomic E-state index is -1.19. The Bertz CT molecular complexity index is 343. The molecule has 68 valence electrons. The van der Waals surface area contributed by atoms with E-state index in [9.17, 15) is 9.90 Å². The zero-order chi connectivity index (χ0) is 9.26. The summed E-state index contributed by atoms with van der Waals surface area (Å²) < 4.78 is 5.17. The molecule has 5 heteroatoms. The molecule has 0 saturated carbocycles. The quantitative estimate of drug-likeness (QED) is 0.463. The maximum atomic E-state index is 10.5.